The Hall–Kier alpha value is -1.38. The zero-order chi connectivity index (χ0) is 23.6. The van der Waals surface area contributed by atoms with Crippen LogP contribution < -0.4 is 0 Å². The lowest BCUT2D eigenvalue weighted by molar-refractivity contribution is -0.529. The summed E-state index contributed by atoms with van der Waals surface area (Å²) in [6.07, 6.45) is 6.66. The molecule has 7 atom stereocenters. The molecule has 7 nitrogen and oxygen atoms in total. The Morgan fingerprint density at radius 1 is 1.15 bits per heavy atom. The molecule has 1 spiro atoms. The molecule has 1 N–H and O–H groups in total. The summed E-state index contributed by atoms with van der Waals surface area (Å²) < 4.78 is 23.7. The maximum atomic E-state index is 13.5. The Bertz CT molecular complexity index is 902. The first-order chi connectivity index (χ1) is 15.6. The van der Waals surface area contributed by atoms with Crippen molar-refractivity contribution in [3.8, 4) is 0 Å². The Kier molecular flexibility index (Phi) is 5.54. The van der Waals surface area contributed by atoms with Gasteiger partial charge in [0.1, 0.15) is 12.2 Å². The van der Waals surface area contributed by atoms with Crippen LogP contribution in [0.15, 0.2) is 23.8 Å². The molecular formula is C26H36O7. The number of carbonyl (C=O) groups excluding carboxylic acids is 2. The van der Waals surface area contributed by atoms with Crippen molar-refractivity contribution in [2.75, 3.05) is 19.8 Å². The van der Waals surface area contributed by atoms with Gasteiger partial charge in [-0.25, -0.2) is 0 Å². The monoisotopic (exact) mass is 460 g/mol. The molecule has 0 amide bonds. The Balaban J connectivity index is 1.52. The number of aliphatic hydroxyl groups excluding tert-OH is 1. The van der Waals surface area contributed by atoms with Gasteiger partial charge in [0.15, 0.2) is 11.6 Å². The van der Waals surface area contributed by atoms with Gasteiger partial charge >= 0.3 is 6.16 Å². The van der Waals surface area contributed by atoms with Crippen molar-refractivity contribution < 1.29 is 33.6 Å². The molecule has 0 radical (unpaired) electrons. The van der Waals surface area contributed by atoms with E-state index in [1.54, 1.807) is 12.2 Å². The summed E-state index contributed by atoms with van der Waals surface area (Å²) >= 11 is 0. The Morgan fingerprint density at radius 2 is 1.88 bits per heavy atom. The lowest BCUT2D eigenvalue weighted by atomic mass is 9.46. The van der Waals surface area contributed by atoms with E-state index in [-0.39, 0.29) is 41.3 Å². The van der Waals surface area contributed by atoms with E-state index in [0.29, 0.717) is 26.1 Å². The summed E-state index contributed by atoms with van der Waals surface area (Å²) in [4.78, 5) is 25.5. The molecule has 0 aromatic heterocycles. The molecule has 1 aliphatic heterocycles. The van der Waals surface area contributed by atoms with Crippen molar-refractivity contribution in [1.82, 2.24) is 0 Å². The molecule has 7 heteroatoms. The van der Waals surface area contributed by atoms with Gasteiger partial charge in [-0.2, -0.15) is 0 Å². The van der Waals surface area contributed by atoms with E-state index >= 15 is 0 Å². The van der Waals surface area contributed by atoms with E-state index in [1.807, 2.05) is 19.9 Å². The van der Waals surface area contributed by atoms with Crippen LogP contribution in [-0.2, 0) is 28.5 Å². The molecule has 1 saturated heterocycles. The number of allylic oxidation sites excluding steroid dienone is 4. The van der Waals surface area contributed by atoms with Gasteiger partial charge in [0.25, 0.3) is 0 Å². The number of hydrogen-bond donors (Lipinski definition) is 1. The van der Waals surface area contributed by atoms with Gasteiger partial charge in [0.2, 0.25) is 0 Å². The van der Waals surface area contributed by atoms with Crippen molar-refractivity contribution in [3.63, 3.8) is 0 Å². The standard InChI is InChI=1S/C26H36O7/c1-5-30-26(31-6-2)32-15-21(29)25(33-26)12-10-19-18-8-7-16-13-17(27)9-11-23(16,3)22(18)20(28)14-24(19,25)4/h9,11,13,18-20,22,28H,5-8,10,12,14-15H2,1-4H3/t18-,19-,20?,22+,23-,24-,25-/m0/s1. The highest BCUT2D eigenvalue weighted by atomic mass is 17.0. The van der Waals surface area contributed by atoms with Crippen LogP contribution in [-0.4, -0.2) is 54.4 Å². The van der Waals surface area contributed by atoms with Gasteiger partial charge in [-0.3, -0.25) is 19.1 Å². The number of ether oxygens (including phenoxy) is 4. The van der Waals surface area contributed by atoms with E-state index in [2.05, 4.69) is 13.8 Å². The smallest absolute Gasteiger partial charge is 0.393 e. The molecule has 4 aliphatic carbocycles. The minimum atomic E-state index is -1.70. The zero-order valence-corrected chi connectivity index (χ0v) is 20.1. The van der Waals surface area contributed by atoms with Crippen LogP contribution in [0.3, 0.4) is 0 Å². The van der Waals surface area contributed by atoms with Crippen LogP contribution in [0, 0.1) is 28.6 Å². The highest BCUT2D eigenvalue weighted by molar-refractivity contribution is 6.01. The van der Waals surface area contributed by atoms with E-state index in [9.17, 15) is 14.7 Å². The molecule has 1 unspecified atom stereocenters. The van der Waals surface area contributed by atoms with Gasteiger partial charge in [-0.05, 0) is 69.9 Å². The molecule has 0 aromatic rings. The highest BCUT2D eigenvalue weighted by Gasteiger charge is 2.72. The molecule has 0 aromatic carbocycles. The predicted molar refractivity (Wildman–Crippen MR) is 119 cm³/mol. The van der Waals surface area contributed by atoms with Gasteiger partial charge < -0.3 is 14.6 Å². The second-order valence-electron chi connectivity index (χ2n) is 10.8. The minimum Gasteiger partial charge on any atom is -0.393 e. The van der Waals surface area contributed by atoms with Crippen molar-refractivity contribution in [2.45, 2.75) is 77.7 Å². The number of carbonyl (C=O) groups is 2. The number of rotatable bonds is 4. The number of aliphatic hydroxyl groups is 1. The minimum absolute atomic E-state index is 0.00792. The Labute approximate surface area is 195 Å². The normalized spacial score (nSPS) is 46.0. The molecular weight excluding hydrogens is 424 g/mol. The van der Waals surface area contributed by atoms with Crippen LogP contribution in [0.1, 0.15) is 59.8 Å². The van der Waals surface area contributed by atoms with E-state index < -0.39 is 23.3 Å². The van der Waals surface area contributed by atoms with Crippen LogP contribution in [0.25, 0.3) is 0 Å². The number of ketones is 2. The molecule has 5 aliphatic rings. The van der Waals surface area contributed by atoms with E-state index in [0.717, 1.165) is 24.8 Å². The van der Waals surface area contributed by atoms with E-state index in [1.165, 1.54) is 0 Å². The fourth-order valence-electron chi connectivity index (χ4n) is 8.05. The Morgan fingerprint density at radius 3 is 2.58 bits per heavy atom. The quantitative estimate of drug-likeness (QED) is 0.644. The largest absolute Gasteiger partial charge is 0.414 e. The first kappa shape index (κ1) is 23.4. The molecule has 0 bridgehead atoms. The zero-order valence-electron chi connectivity index (χ0n) is 20.1. The van der Waals surface area contributed by atoms with Gasteiger partial charge in [-0.15, -0.1) is 0 Å². The molecule has 3 saturated carbocycles. The van der Waals surface area contributed by atoms with Crippen LogP contribution in [0.2, 0.25) is 0 Å². The number of hydrogen-bond acceptors (Lipinski definition) is 7. The summed E-state index contributed by atoms with van der Waals surface area (Å²) in [7, 11) is 0. The molecule has 182 valence electrons. The lowest BCUT2D eigenvalue weighted by Crippen LogP contribution is -2.68. The van der Waals surface area contributed by atoms with Gasteiger partial charge in [0.05, 0.1) is 19.3 Å². The maximum absolute atomic E-state index is 13.5. The maximum Gasteiger partial charge on any atom is 0.414 e. The van der Waals surface area contributed by atoms with Gasteiger partial charge in [0, 0.05) is 16.7 Å². The van der Waals surface area contributed by atoms with Crippen LogP contribution >= 0.6 is 0 Å². The second-order valence-corrected chi connectivity index (χ2v) is 10.8. The molecule has 33 heavy (non-hydrogen) atoms. The summed E-state index contributed by atoms with van der Waals surface area (Å²) in [5.74, 6) is 0.372. The second kappa shape index (κ2) is 7.82. The summed E-state index contributed by atoms with van der Waals surface area (Å²) in [6, 6.07) is 0. The SMILES string of the molecule is CCOC1(OCC)OCC(=O)[C@]2(CC[C@H]3[C@@H]4CCC5=CC(=O)C=C[C@]5(C)[C@H]4C(O)C[C@@]32C)O1. The molecule has 1 heterocycles. The third-order valence-corrected chi connectivity index (χ3v) is 9.39. The van der Waals surface area contributed by atoms with Crippen molar-refractivity contribution in [2.24, 2.45) is 28.6 Å². The summed E-state index contributed by atoms with van der Waals surface area (Å²) in [6.45, 7) is 8.42. The van der Waals surface area contributed by atoms with Crippen molar-refractivity contribution >= 4 is 11.6 Å². The van der Waals surface area contributed by atoms with Gasteiger partial charge in [-0.1, -0.05) is 25.5 Å². The third-order valence-electron chi connectivity index (χ3n) is 9.39. The van der Waals surface area contributed by atoms with Crippen molar-refractivity contribution in [1.29, 1.82) is 0 Å². The third kappa shape index (κ3) is 3.12. The predicted octanol–water partition coefficient (Wildman–Crippen LogP) is 3.30. The first-order valence-electron chi connectivity index (χ1n) is 12.4. The summed E-state index contributed by atoms with van der Waals surface area (Å²) in [5.41, 5.74) is -0.910. The average molecular weight is 461 g/mol. The fourth-order valence-corrected chi connectivity index (χ4v) is 8.05. The van der Waals surface area contributed by atoms with E-state index in [4.69, 9.17) is 18.9 Å². The lowest BCUT2D eigenvalue weighted by Gasteiger charge is -2.61. The topological polar surface area (TPSA) is 91.3 Å². The number of fused-ring (bicyclic) bond motifs is 6. The van der Waals surface area contributed by atoms with Crippen molar-refractivity contribution in [3.05, 3.63) is 23.8 Å². The molecule has 5 rings (SSSR count). The highest BCUT2D eigenvalue weighted by Crippen LogP contribution is 2.68. The average Bonchev–Trinajstić information content (AvgIpc) is 3.04. The van der Waals surface area contributed by atoms with Crippen LogP contribution in [0.5, 0.6) is 0 Å². The van der Waals surface area contributed by atoms with Crippen LogP contribution in [0.4, 0.5) is 0 Å². The fraction of sp³-hybridized carbons (Fsp3) is 0.769. The number of Topliss-reactive ketones (excluding diaryl/α,β-unsaturated/α-hetero) is 1. The molecule has 4 fully saturated rings. The first-order valence-corrected chi connectivity index (χ1v) is 12.4. The summed E-state index contributed by atoms with van der Waals surface area (Å²) in [5, 5.41) is 11.6.